The molecule has 2 fully saturated rings. The molecule has 16 heavy (non-hydrogen) atoms. The molecule has 0 bridgehead atoms. The molecule has 0 aromatic heterocycles. The zero-order valence-electron chi connectivity index (χ0n) is 8.52. The van der Waals surface area contributed by atoms with Gasteiger partial charge in [0.2, 0.25) is 0 Å². The van der Waals surface area contributed by atoms with Crippen molar-refractivity contribution in [2.24, 2.45) is 0 Å². The van der Waals surface area contributed by atoms with E-state index in [9.17, 15) is 4.39 Å². The predicted molar refractivity (Wildman–Crippen MR) is 54.1 cm³/mol. The number of nitrogens with one attached hydrogen (secondary N) is 1. The summed E-state index contributed by atoms with van der Waals surface area (Å²) in [5.74, 6) is -0.0396. The highest BCUT2D eigenvalue weighted by atomic mass is 19.1. The largest absolute Gasteiger partial charge is 0.488 e. The van der Waals surface area contributed by atoms with Gasteiger partial charge in [0.15, 0.2) is 0 Å². The number of anilines is 1. The van der Waals surface area contributed by atoms with Crippen LogP contribution in [0.4, 0.5) is 10.1 Å². The van der Waals surface area contributed by atoms with Crippen LogP contribution in [0.5, 0.6) is 5.75 Å². The second-order valence-corrected chi connectivity index (χ2v) is 4.18. The maximum absolute atomic E-state index is 13.0. The molecular weight excluding hydrogens is 213 g/mol. The van der Waals surface area contributed by atoms with E-state index in [1.165, 1.54) is 18.2 Å². The van der Waals surface area contributed by atoms with Crippen LogP contribution in [0.2, 0.25) is 0 Å². The average molecular weight is 225 g/mol. The van der Waals surface area contributed by atoms with E-state index < -0.39 is 0 Å². The van der Waals surface area contributed by atoms with Crippen LogP contribution in [0.3, 0.4) is 0 Å². The van der Waals surface area contributed by atoms with E-state index >= 15 is 0 Å². The molecule has 0 radical (unpaired) electrons. The third kappa shape index (κ3) is 1.72. The van der Waals surface area contributed by atoms with Crippen LogP contribution < -0.4 is 10.2 Å². The van der Waals surface area contributed by atoms with E-state index in [2.05, 4.69) is 0 Å². The third-order valence-corrected chi connectivity index (χ3v) is 3.04. The van der Waals surface area contributed by atoms with E-state index in [-0.39, 0.29) is 11.9 Å². The topological polar surface area (TPSA) is 54.0 Å². The fraction of sp³-hybridized carbons (Fsp3) is 0.455. The molecule has 2 N–H and O–H groups in total. The molecule has 2 aliphatic rings. The van der Waals surface area contributed by atoms with Crippen molar-refractivity contribution in [2.45, 2.75) is 31.2 Å². The van der Waals surface area contributed by atoms with E-state index in [0.29, 0.717) is 23.6 Å². The molecule has 4 nitrogen and oxygen atoms in total. The van der Waals surface area contributed by atoms with Gasteiger partial charge < -0.3 is 9.47 Å². The van der Waals surface area contributed by atoms with Gasteiger partial charge in [-0.3, -0.25) is 10.7 Å². The second-order valence-electron chi connectivity index (χ2n) is 4.18. The van der Waals surface area contributed by atoms with Gasteiger partial charge in [-0.15, -0.1) is 0 Å². The van der Waals surface area contributed by atoms with Crippen molar-refractivity contribution in [3.63, 3.8) is 0 Å². The number of benzene rings is 1. The molecule has 2 atom stereocenters. The lowest BCUT2D eigenvalue weighted by molar-refractivity contribution is 0.150. The van der Waals surface area contributed by atoms with E-state index in [0.717, 1.165) is 12.8 Å². The van der Waals surface area contributed by atoms with Crippen LogP contribution >= 0.6 is 0 Å². The maximum atomic E-state index is 13.0. The number of hydrogen-bond acceptors (Lipinski definition) is 4. The Morgan fingerprint density at radius 1 is 1.38 bits per heavy atom. The smallest absolute Gasteiger partial charge is 0.148 e. The fourth-order valence-electron chi connectivity index (χ4n) is 2.17. The second kappa shape index (κ2) is 3.61. The molecule has 1 aromatic carbocycles. The van der Waals surface area contributed by atoms with Crippen molar-refractivity contribution in [3.05, 3.63) is 24.0 Å². The summed E-state index contributed by atoms with van der Waals surface area (Å²) in [6.45, 7) is 0. The maximum Gasteiger partial charge on any atom is 0.148 e. The van der Waals surface area contributed by atoms with Gasteiger partial charge in [-0.05, 0) is 12.1 Å². The highest BCUT2D eigenvalue weighted by Gasteiger charge is 2.49. The van der Waals surface area contributed by atoms with Gasteiger partial charge in [-0.2, -0.15) is 0 Å². The highest BCUT2D eigenvalue weighted by Crippen LogP contribution is 2.41. The normalized spacial score (nSPS) is 31.0. The van der Waals surface area contributed by atoms with Crippen molar-refractivity contribution >= 4 is 5.69 Å². The lowest BCUT2D eigenvalue weighted by Crippen LogP contribution is -2.16. The Hall–Kier alpha value is -1.33. The summed E-state index contributed by atoms with van der Waals surface area (Å²) in [5.41, 5.74) is 2.37. The van der Waals surface area contributed by atoms with E-state index in [4.69, 9.17) is 14.7 Å². The number of epoxide rings is 1. The first kappa shape index (κ1) is 9.86. The van der Waals surface area contributed by atoms with Crippen LogP contribution in [-0.2, 0) is 4.74 Å². The quantitative estimate of drug-likeness (QED) is 0.609. The minimum Gasteiger partial charge on any atom is -0.488 e. The van der Waals surface area contributed by atoms with Crippen LogP contribution in [0.25, 0.3) is 0 Å². The predicted octanol–water partition coefficient (Wildman–Crippen LogP) is 1.94. The summed E-state index contributed by atoms with van der Waals surface area (Å²) in [5, 5.41) is 8.87. The molecule has 1 aliphatic carbocycles. The number of halogens is 1. The summed E-state index contributed by atoms with van der Waals surface area (Å²) >= 11 is 0. The Balaban J connectivity index is 1.74. The van der Waals surface area contributed by atoms with Crippen molar-refractivity contribution in [2.75, 3.05) is 5.48 Å². The zero-order chi connectivity index (χ0) is 11.1. The zero-order valence-corrected chi connectivity index (χ0v) is 8.52. The first-order valence-electron chi connectivity index (χ1n) is 5.28. The monoisotopic (exact) mass is 225 g/mol. The van der Waals surface area contributed by atoms with Gasteiger partial charge in [0.05, 0.1) is 12.2 Å². The lowest BCUT2D eigenvalue weighted by atomic mass is 10.2. The van der Waals surface area contributed by atoms with Crippen LogP contribution in [0.1, 0.15) is 12.8 Å². The molecule has 0 amide bonds. The molecule has 5 heteroatoms. The standard InChI is InChI=1S/C11H12FNO3/c12-6-1-2-8(13-14)9(3-6)15-7-4-10-11(5-7)16-10/h1-3,7,10-11,13-14H,4-5H2. The number of fused-ring (bicyclic) bond motifs is 1. The summed E-state index contributed by atoms with van der Waals surface area (Å²) in [4.78, 5) is 0. The fourth-order valence-corrected chi connectivity index (χ4v) is 2.17. The Morgan fingerprint density at radius 3 is 2.81 bits per heavy atom. The van der Waals surface area contributed by atoms with Crippen molar-refractivity contribution in [3.8, 4) is 5.75 Å². The summed E-state index contributed by atoms with van der Waals surface area (Å²) < 4.78 is 23.9. The first-order chi connectivity index (χ1) is 7.76. The lowest BCUT2D eigenvalue weighted by Gasteiger charge is -2.17. The van der Waals surface area contributed by atoms with Crippen LogP contribution in [0.15, 0.2) is 18.2 Å². The highest BCUT2D eigenvalue weighted by molar-refractivity contribution is 5.54. The third-order valence-electron chi connectivity index (χ3n) is 3.04. The van der Waals surface area contributed by atoms with Crippen molar-refractivity contribution in [1.82, 2.24) is 0 Å². The minimum atomic E-state index is -0.381. The van der Waals surface area contributed by atoms with Gasteiger partial charge in [-0.25, -0.2) is 4.39 Å². The molecule has 1 aliphatic heterocycles. The minimum absolute atomic E-state index is 0.0534. The van der Waals surface area contributed by atoms with Crippen molar-refractivity contribution in [1.29, 1.82) is 0 Å². The van der Waals surface area contributed by atoms with Crippen LogP contribution in [0, 0.1) is 5.82 Å². The molecule has 0 spiro atoms. The molecular formula is C11H12FNO3. The van der Waals surface area contributed by atoms with Crippen molar-refractivity contribution < 1.29 is 19.1 Å². The molecule has 1 heterocycles. The number of ether oxygens (including phenoxy) is 2. The Morgan fingerprint density at radius 2 is 2.12 bits per heavy atom. The molecule has 1 saturated carbocycles. The van der Waals surface area contributed by atoms with Gasteiger partial charge >= 0.3 is 0 Å². The average Bonchev–Trinajstić information content (AvgIpc) is 2.87. The van der Waals surface area contributed by atoms with Gasteiger partial charge in [0.1, 0.15) is 23.4 Å². The van der Waals surface area contributed by atoms with Gasteiger partial charge in [0, 0.05) is 18.9 Å². The van der Waals surface area contributed by atoms with Gasteiger partial charge in [-0.1, -0.05) is 0 Å². The Kier molecular flexibility index (Phi) is 2.22. The molecule has 1 saturated heterocycles. The van der Waals surface area contributed by atoms with E-state index in [1.807, 2.05) is 5.48 Å². The van der Waals surface area contributed by atoms with Gasteiger partial charge in [0.25, 0.3) is 0 Å². The molecule has 86 valence electrons. The number of rotatable bonds is 3. The summed E-state index contributed by atoms with van der Waals surface area (Å²) in [6.07, 6.45) is 2.38. The molecule has 2 unspecified atom stereocenters. The first-order valence-corrected chi connectivity index (χ1v) is 5.28. The van der Waals surface area contributed by atoms with E-state index in [1.54, 1.807) is 0 Å². The number of hydrogen-bond donors (Lipinski definition) is 2. The Bertz CT molecular complexity index is 402. The Labute approximate surface area is 91.9 Å². The summed E-state index contributed by atoms with van der Waals surface area (Å²) in [6, 6.07) is 3.97. The molecule has 1 aromatic rings. The summed E-state index contributed by atoms with van der Waals surface area (Å²) in [7, 11) is 0. The molecule has 3 rings (SSSR count). The SMILES string of the molecule is ONc1ccc(F)cc1OC1CC2OC2C1. The van der Waals surface area contributed by atoms with Crippen LogP contribution in [-0.4, -0.2) is 23.5 Å².